The van der Waals surface area contributed by atoms with Gasteiger partial charge in [-0.1, -0.05) is 12.1 Å². The lowest BCUT2D eigenvalue weighted by molar-refractivity contribution is 0.0519. The Bertz CT molecular complexity index is 1110. The number of para-hydroxylation sites is 1. The van der Waals surface area contributed by atoms with Gasteiger partial charge in [-0.15, -0.1) is 11.3 Å². The standard InChI is InChI=1S/C16H12BrN3O5S/c1-2-25-16(24)11-9-10(13(18)26-12(9)17)14(21)20(19-11)8-6-4-3-5-7(8)15(22)23/h3-6H,2,18H2,1H3,(H,22,23). The smallest absolute Gasteiger partial charge is 0.359 e. The summed E-state index contributed by atoms with van der Waals surface area (Å²) in [7, 11) is 0. The van der Waals surface area contributed by atoms with E-state index in [9.17, 15) is 19.5 Å². The fourth-order valence-electron chi connectivity index (χ4n) is 2.49. The first kappa shape index (κ1) is 18.1. The molecule has 3 aromatic rings. The number of carbonyl (C=O) groups excluding carboxylic acids is 1. The highest BCUT2D eigenvalue weighted by atomic mass is 79.9. The maximum atomic E-state index is 12.9. The van der Waals surface area contributed by atoms with E-state index >= 15 is 0 Å². The van der Waals surface area contributed by atoms with E-state index in [1.165, 1.54) is 18.2 Å². The summed E-state index contributed by atoms with van der Waals surface area (Å²) in [5.41, 5.74) is 5.09. The van der Waals surface area contributed by atoms with E-state index < -0.39 is 17.5 Å². The summed E-state index contributed by atoms with van der Waals surface area (Å²) in [4.78, 5) is 36.8. The molecule has 0 amide bonds. The average Bonchev–Trinajstić information content (AvgIpc) is 2.90. The topological polar surface area (TPSA) is 125 Å². The molecule has 0 saturated heterocycles. The summed E-state index contributed by atoms with van der Waals surface area (Å²) in [6.07, 6.45) is 0. The Morgan fingerprint density at radius 3 is 2.69 bits per heavy atom. The Kier molecular flexibility index (Phi) is 4.79. The minimum Gasteiger partial charge on any atom is -0.478 e. The van der Waals surface area contributed by atoms with Crippen molar-refractivity contribution in [3.8, 4) is 5.69 Å². The number of nitrogens with two attached hydrogens (primary N) is 1. The van der Waals surface area contributed by atoms with Crippen molar-refractivity contribution in [2.24, 2.45) is 0 Å². The quantitative estimate of drug-likeness (QED) is 0.600. The molecule has 2 aromatic heterocycles. The number of aromatic carboxylic acids is 1. The second kappa shape index (κ2) is 6.89. The van der Waals surface area contributed by atoms with Crippen LogP contribution in [0.4, 0.5) is 5.00 Å². The number of hydrogen-bond acceptors (Lipinski definition) is 7. The molecule has 0 aliphatic carbocycles. The van der Waals surface area contributed by atoms with Crippen LogP contribution < -0.4 is 11.3 Å². The van der Waals surface area contributed by atoms with Gasteiger partial charge in [-0.25, -0.2) is 9.59 Å². The van der Waals surface area contributed by atoms with Gasteiger partial charge in [0.05, 0.1) is 27.0 Å². The maximum absolute atomic E-state index is 12.9. The number of ether oxygens (including phenoxy) is 1. The first-order chi connectivity index (χ1) is 12.4. The largest absolute Gasteiger partial charge is 0.478 e. The van der Waals surface area contributed by atoms with Crippen LogP contribution >= 0.6 is 27.3 Å². The van der Waals surface area contributed by atoms with Crippen LogP contribution in [0.25, 0.3) is 16.5 Å². The van der Waals surface area contributed by atoms with Crippen molar-refractivity contribution in [3.63, 3.8) is 0 Å². The van der Waals surface area contributed by atoms with Gasteiger partial charge in [0.1, 0.15) is 5.00 Å². The number of carboxylic acids is 1. The van der Waals surface area contributed by atoms with Crippen LogP contribution in [-0.2, 0) is 4.74 Å². The third kappa shape index (κ3) is 2.86. The number of rotatable bonds is 4. The zero-order valence-corrected chi connectivity index (χ0v) is 15.8. The van der Waals surface area contributed by atoms with Gasteiger partial charge in [0.25, 0.3) is 5.56 Å². The zero-order valence-electron chi connectivity index (χ0n) is 13.4. The number of carboxylic acid groups (broad SMARTS) is 1. The molecular formula is C16H12BrN3O5S. The molecule has 134 valence electrons. The molecule has 8 nitrogen and oxygen atoms in total. The molecule has 0 aliphatic heterocycles. The molecule has 0 spiro atoms. The molecule has 2 heterocycles. The molecule has 0 saturated carbocycles. The van der Waals surface area contributed by atoms with Crippen molar-refractivity contribution in [1.29, 1.82) is 0 Å². The molecule has 0 bridgehead atoms. The number of fused-ring (bicyclic) bond motifs is 1. The fourth-order valence-corrected chi connectivity index (χ4v) is 4.18. The number of nitrogens with zero attached hydrogens (tertiary/aromatic N) is 2. The number of aromatic nitrogens is 2. The van der Waals surface area contributed by atoms with Gasteiger partial charge in [-0.05, 0) is 35.0 Å². The van der Waals surface area contributed by atoms with Crippen molar-refractivity contribution in [3.05, 3.63) is 49.7 Å². The molecule has 3 rings (SSSR count). The summed E-state index contributed by atoms with van der Waals surface area (Å²) in [6, 6.07) is 5.86. The molecule has 0 aliphatic rings. The third-order valence-electron chi connectivity index (χ3n) is 3.57. The number of carbonyl (C=O) groups is 2. The zero-order chi connectivity index (χ0) is 19.0. The van der Waals surface area contributed by atoms with Gasteiger partial charge in [0.15, 0.2) is 5.69 Å². The van der Waals surface area contributed by atoms with Crippen molar-refractivity contribution >= 4 is 55.0 Å². The summed E-state index contributed by atoms with van der Waals surface area (Å²) in [5, 5.41) is 14.0. The van der Waals surface area contributed by atoms with Crippen molar-refractivity contribution < 1.29 is 19.4 Å². The van der Waals surface area contributed by atoms with Crippen LogP contribution in [-0.4, -0.2) is 33.4 Å². The molecular weight excluding hydrogens is 426 g/mol. The normalized spacial score (nSPS) is 10.8. The second-order valence-corrected chi connectivity index (χ2v) is 7.47. The number of esters is 1. The molecule has 0 unspecified atom stereocenters. The maximum Gasteiger partial charge on any atom is 0.359 e. The summed E-state index contributed by atoms with van der Waals surface area (Å²) < 4.78 is 6.36. The summed E-state index contributed by atoms with van der Waals surface area (Å²) >= 11 is 4.37. The lowest BCUT2D eigenvalue weighted by atomic mass is 10.1. The highest BCUT2D eigenvalue weighted by Gasteiger charge is 2.25. The number of nitrogen functional groups attached to an aromatic ring is 1. The van der Waals surface area contributed by atoms with Crippen LogP contribution in [0.5, 0.6) is 0 Å². The van der Waals surface area contributed by atoms with E-state index in [0.29, 0.717) is 3.79 Å². The van der Waals surface area contributed by atoms with Gasteiger partial charge in [0, 0.05) is 5.39 Å². The number of hydrogen-bond donors (Lipinski definition) is 2. The lowest BCUT2D eigenvalue weighted by Gasteiger charge is -2.11. The predicted molar refractivity (Wildman–Crippen MR) is 100 cm³/mol. The predicted octanol–water partition coefficient (Wildman–Crippen LogP) is 2.67. The Balaban J connectivity index is 2.44. The van der Waals surface area contributed by atoms with E-state index in [1.807, 2.05) is 0 Å². The van der Waals surface area contributed by atoms with Crippen LogP contribution in [0.15, 0.2) is 32.8 Å². The summed E-state index contributed by atoms with van der Waals surface area (Å²) in [5.74, 6) is -1.97. The Hall–Kier alpha value is -2.72. The Morgan fingerprint density at radius 2 is 2.04 bits per heavy atom. The van der Waals surface area contributed by atoms with Crippen LogP contribution in [0.1, 0.15) is 27.8 Å². The minimum absolute atomic E-state index is 0.0270. The average molecular weight is 438 g/mol. The van der Waals surface area contributed by atoms with Crippen LogP contribution in [0, 0.1) is 0 Å². The molecule has 0 fully saturated rings. The number of halogens is 1. The fraction of sp³-hybridized carbons (Fsp3) is 0.125. The molecule has 26 heavy (non-hydrogen) atoms. The van der Waals surface area contributed by atoms with Gasteiger partial charge in [-0.2, -0.15) is 9.78 Å². The minimum atomic E-state index is -1.23. The second-order valence-electron chi connectivity index (χ2n) is 5.10. The Morgan fingerprint density at radius 1 is 1.35 bits per heavy atom. The number of thiophene rings is 1. The summed E-state index contributed by atoms with van der Waals surface area (Å²) in [6.45, 7) is 1.76. The monoisotopic (exact) mass is 437 g/mol. The van der Waals surface area contributed by atoms with Crippen molar-refractivity contribution in [2.75, 3.05) is 12.3 Å². The Labute approximate surface area is 158 Å². The highest BCUT2D eigenvalue weighted by molar-refractivity contribution is 9.11. The number of anilines is 1. The van der Waals surface area contributed by atoms with Crippen molar-refractivity contribution in [1.82, 2.24) is 9.78 Å². The first-order valence-corrected chi connectivity index (χ1v) is 8.98. The third-order valence-corrected chi connectivity index (χ3v) is 5.26. The van der Waals surface area contributed by atoms with Gasteiger partial charge in [-0.3, -0.25) is 4.79 Å². The molecule has 0 atom stereocenters. The van der Waals surface area contributed by atoms with Crippen LogP contribution in [0.3, 0.4) is 0 Å². The van der Waals surface area contributed by atoms with E-state index in [2.05, 4.69) is 21.0 Å². The van der Waals surface area contributed by atoms with E-state index in [4.69, 9.17) is 10.5 Å². The van der Waals surface area contributed by atoms with Gasteiger partial charge in [0.2, 0.25) is 0 Å². The van der Waals surface area contributed by atoms with E-state index in [0.717, 1.165) is 16.0 Å². The number of benzene rings is 1. The molecule has 10 heteroatoms. The van der Waals surface area contributed by atoms with Crippen LogP contribution in [0.2, 0.25) is 0 Å². The molecule has 3 N–H and O–H groups in total. The molecule has 0 radical (unpaired) electrons. The SMILES string of the molecule is CCOC(=O)c1nn(-c2ccccc2C(=O)O)c(=O)c2c(N)sc(Br)c12. The van der Waals surface area contributed by atoms with Crippen molar-refractivity contribution in [2.45, 2.75) is 6.92 Å². The first-order valence-electron chi connectivity index (χ1n) is 7.37. The lowest BCUT2D eigenvalue weighted by Crippen LogP contribution is -2.26. The van der Waals surface area contributed by atoms with Gasteiger partial charge < -0.3 is 15.6 Å². The van der Waals surface area contributed by atoms with E-state index in [-0.39, 0.29) is 39.3 Å². The molecule has 1 aromatic carbocycles. The van der Waals surface area contributed by atoms with Gasteiger partial charge >= 0.3 is 11.9 Å². The highest BCUT2D eigenvalue weighted by Crippen LogP contribution is 2.37. The van der Waals surface area contributed by atoms with E-state index in [1.54, 1.807) is 13.0 Å².